The summed E-state index contributed by atoms with van der Waals surface area (Å²) >= 11 is 0. The number of ether oxygens (including phenoxy) is 2. The lowest BCUT2D eigenvalue weighted by Crippen LogP contribution is -2.12. The predicted octanol–water partition coefficient (Wildman–Crippen LogP) is 3.36. The molecule has 4 rings (SSSR count). The van der Waals surface area contributed by atoms with Crippen molar-refractivity contribution in [2.45, 2.75) is 31.8 Å². The molecule has 1 aliphatic rings. The highest BCUT2D eigenvalue weighted by molar-refractivity contribution is 5.59. The molecule has 0 saturated heterocycles. The number of aromatic hydroxyl groups is 1. The van der Waals surface area contributed by atoms with Crippen molar-refractivity contribution in [3.8, 4) is 34.7 Å². The zero-order valence-corrected chi connectivity index (χ0v) is 14.5. The maximum atomic E-state index is 9.55. The molecule has 1 saturated carbocycles. The Morgan fingerprint density at radius 2 is 1.85 bits per heavy atom. The van der Waals surface area contributed by atoms with E-state index in [1.165, 1.54) is 12.8 Å². The van der Waals surface area contributed by atoms with Crippen LogP contribution in [0, 0.1) is 0 Å². The van der Waals surface area contributed by atoms with Gasteiger partial charge in [-0.05, 0) is 56.0 Å². The van der Waals surface area contributed by atoms with E-state index in [2.05, 4.69) is 15.1 Å². The number of rotatable bonds is 5. The molecule has 0 aliphatic heterocycles. The van der Waals surface area contributed by atoms with Crippen molar-refractivity contribution < 1.29 is 14.6 Å². The highest BCUT2D eigenvalue weighted by Gasteiger charge is 2.21. The van der Waals surface area contributed by atoms with Crippen molar-refractivity contribution in [1.29, 1.82) is 0 Å². The fraction of sp³-hybridized carbons (Fsp3) is 0.316. The second-order valence-electron chi connectivity index (χ2n) is 6.26. The first kappa shape index (κ1) is 16.4. The number of pyridine rings is 1. The summed E-state index contributed by atoms with van der Waals surface area (Å²) in [5.74, 6) is 1.36. The van der Waals surface area contributed by atoms with Gasteiger partial charge in [-0.3, -0.25) is 0 Å². The first-order valence-corrected chi connectivity index (χ1v) is 8.66. The largest absolute Gasteiger partial charge is 0.508 e. The molecule has 3 aromatic rings. The van der Waals surface area contributed by atoms with Crippen LogP contribution in [-0.4, -0.2) is 38.1 Å². The van der Waals surface area contributed by atoms with Gasteiger partial charge in [0.15, 0.2) is 5.82 Å². The van der Waals surface area contributed by atoms with Crippen molar-refractivity contribution in [2.24, 2.45) is 0 Å². The van der Waals surface area contributed by atoms with E-state index in [0.29, 0.717) is 17.7 Å². The summed E-state index contributed by atoms with van der Waals surface area (Å²) in [4.78, 5) is 8.82. The molecule has 0 bridgehead atoms. The summed E-state index contributed by atoms with van der Waals surface area (Å²) in [7, 11) is 1.58. The van der Waals surface area contributed by atoms with Crippen LogP contribution >= 0.6 is 0 Å². The maximum absolute atomic E-state index is 9.55. The first-order chi connectivity index (χ1) is 12.7. The number of phenols is 1. The zero-order chi connectivity index (χ0) is 17.9. The molecule has 2 aromatic heterocycles. The minimum absolute atomic E-state index is 0.174. The van der Waals surface area contributed by atoms with Crippen LogP contribution in [0.4, 0.5) is 0 Å². The quantitative estimate of drug-likeness (QED) is 0.758. The third kappa shape index (κ3) is 3.33. The lowest BCUT2D eigenvalue weighted by molar-refractivity contribution is 0.192. The fourth-order valence-electron chi connectivity index (χ4n) is 3.09. The Bertz CT molecular complexity index is 869. The summed E-state index contributed by atoms with van der Waals surface area (Å²) in [6.07, 6.45) is 6.28. The van der Waals surface area contributed by atoms with E-state index in [4.69, 9.17) is 9.47 Å². The topological polar surface area (TPSA) is 82.3 Å². The molecule has 7 heteroatoms. The summed E-state index contributed by atoms with van der Waals surface area (Å²) in [6, 6.07) is 10.8. The van der Waals surface area contributed by atoms with Crippen LogP contribution in [0.5, 0.6) is 17.6 Å². The normalized spacial score (nSPS) is 14.5. The predicted molar refractivity (Wildman–Crippen MR) is 95.7 cm³/mol. The summed E-state index contributed by atoms with van der Waals surface area (Å²) in [5.41, 5.74) is 1.58. The van der Waals surface area contributed by atoms with E-state index in [1.54, 1.807) is 48.3 Å². The van der Waals surface area contributed by atoms with Gasteiger partial charge in [0.1, 0.15) is 11.9 Å². The van der Waals surface area contributed by atoms with E-state index in [1.807, 2.05) is 6.07 Å². The minimum atomic E-state index is 0.174. The van der Waals surface area contributed by atoms with Crippen LogP contribution in [0.15, 0.2) is 42.6 Å². The molecule has 7 nitrogen and oxygen atoms in total. The number of benzene rings is 1. The Morgan fingerprint density at radius 1 is 1.08 bits per heavy atom. The van der Waals surface area contributed by atoms with Gasteiger partial charge in [0, 0.05) is 11.6 Å². The monoisotopic (exact) mass is 352 g/mol. The van der Waals surface area contributed by atoms with E-state index >= 15 is 0 Å². The van der Waals surface area contributed by atoms with Crippen LogP contribution in [0.3, 0.4) is 0 Å². The van der Waals surface area contributed by atoms with Crippen molar-refractivity contribution in [2.75, 3.05) is 7.11 Å². The van der Waals surface area contributed by atoms with Crippen LogP contribution in [0.1, 0.15) is 25.7 Å². The molecule has 134 valence electrons. The molecule has 0 amide bonds. The van der Waals surface area contributed by atoms with Crippen LogP contribution in [0.25, 0.3) is 17.1 Å². The Kier molecular flexibility index (Phi) is 4.43. The van der Waals surface area contributed by atoms with Gasteiger partial charge in [0.2, 0.25) is 5.88 Å². The Hall–Kier alpha value is -3.09. The van der Waals surface area contributed by atoms with E-state index < -0.39 is 0 Å². The lowest BCUT2D eigenvalue weighted by atomic mass is 10.2. The van der Waals surface area contributed by atoms with Crippen molar-refractivity contribution in [1.82, 2.24) is 19.7 Å². The summed E-state index contributed by atoms with van der Waals surface area (Å²) < 4.78 is 12.8. The average molecular weight is 352 g/mol. The van der Waals surface area contributed by atoms with Crippen molar-refractivity contribution in [3.05, 3.63) is 42.6 Å². The van der Waals surface area contributed by atoms with Gasteiger partial charge in [-0.25, -0.2) is 9.67 Å². The minimum Gasteiger partial charge on any atom is -0.508 e. The smallest absolute Gasteiger partial charge is 0.336 e. The van der Waals surface area contributed by atoms with Crippen LogP contribution in [0.2, 0.25) is 0 Å². The fourth-order valence-corrected chi connectivity index (χ4v) is 3.09. The second kappa shape index (κ2) is 7.03. The van der Waals surface area contributed by atoms with Gasteiger partial charge >= 0.3 is 6.01 Å². The molecule has 0 atom stereocenters. The standard InChI is InChI=1S/C19H20N4O3/c1-25-17-11-8-14(12-20-17)23-18(13-6-9-15(24)10-7-13)21-19(22-23)26-16-4-2-3-5-16/h6-12,16,24H,2-5H2,1H3. The van der Waals surface area contributed by atoms with Gasteiger partial charge < -0.3 is 14.6 Å². The molecule has 0 radical (unpaired) electrons. The van der Waals surface area contributed by atoms with Gasteiger partial charge in [-0.1, -0.05) is 0 Å². The lowest BCUT2D eigenvalue weighted by Gasteiger charge is -2.08. The van der Waals surface area contributed by atoms with Crippen molar-refractivity contribution in [3.63, 3.8) is 0 Å². The molecule has 26 heavy (non-hydrogen) atoms. The summed E-state index contributed by atoms with van der Waals surface area (Å²) in [5, 5.41) is 14.1. The molecular weight excluding hydrogens is 332 g/mol. The average Bonchev–Trinajstić information content (AvgIpc) is 3.33. The van der Waals surface area contributed by atoms with Crippen LogP contribution in [-0.2, 0) is 0 Å². The van der Waals surface area contributed by atoms with Gasteiger partial charge in [0.25, 0.3) is 0 Å². The Morgan fingerprint density at radius 3 is 2.50 bits per heavy atom. The van der Waals surface area contributed by atoms with E-state index in [0.717, 1.165) is 24.1 Å². The molecule has 1 aliphatic carbocycles. The molecule has 1 aromatic carbocycles. The Labute approximate surface area is 151 Å². The molecule has 1 fully saturated rings. The van der Waals surface area contributed by atoms with Gasteiger partial charge in [-0.15, -0.1) is 5.10 Å². The first-order valence-electron chi connectivity index (χ1n) is 8.66. The van der Waals surface area contributed by atoms with E-state index in [9.17, 15) is 5.11 Å². The number of aromatic nitrogens is 4. The highest BCUT2D eigenvalue weighted by atomic mass is 16.5. The molecule has 2 heterocycles. The molecule has 0 spiro atoms. The molecular formula is C19H20N4O3. The summed E-state index contributed by atoms with van der Waals surface area (Å²) in [6.45, 7) is 0. The highest BCUT2D eigenvalue weighted by Crippen LogP contribution is 2.28. The number of phenolic OH excluding ortho intramolecular Hbond substituents is 1. The molecule has 1 N–H and O–H groups in total. The van der Waals surface area contributed by atoms with Crippen molar-refractivity contribution >= 4 is 0 Å². The van der Waals surface area contributed by atoms with Crippen LogP contribution < -0.4 is 9.47 Å². The number of methoxy groups -OCH3 is 1. The number of nitrogens with zero attached hydrogens (tertiary/aromatic N) is 4. The number of hydrogen-bond donors (Lipinski definition) is 1. The molecule has 0 unspecified atom stereocenters. The van der Waals surface area contributed by atoms with E-state index in [-0.39, 0.29) is 11.9 Å². The SMILES string of the molecule is COc1ccc(-n2nc(OC3CCCC3)nc2-c2ccc(O)cc2)cn1. The Balaban J connectivity index is 1.73. The van der Waals surface area contributed by atoms with Gasteiger partial charge in [-0.2, -0.15) is 4.98 Å². The maximum Gasteiger partial charge on any atom is 0.336 e. The third-order valence-corrected chi connectivity index (χ3v) is 4.46. The zero-order valence-electron chi connectivity index (χ0n) is 14.5. The third-order valence-electron chi connectivity index (χ3n) is 4.46. The van der Waals surface area contributed by atoms with Gasteiger partial charge in [0.05, 0.1) is 19.0 Å². The second-order valence-corrected chi connectivity index (χ2v) is 6.26. The number of hydrogen-bond acceptors (Lipinski definition) is 6.